The van der Waals surface area contributed by atoms with Gasteiger partial charge in [0.25, 0.3) is 5.91 Å². The highest BCUT2D eigenvalue weighted by Crippen LogP contribution is 2.41. The van der Waals surface area contributed by atoms with E-state index in [1.807, 2.05) is 13.8 Å². The molecule has 0 aliphatic heterocycles. The van der Waals surface area contributed by atoms with E-state index in [4.69, 9.17) is 15.1 Å². The van der Waals surface area contributed by atoms with E-state index in [9.17, 15) is 4.79 Å². The van der Waals surface area contributed by atoms with E-state index in [0.717, 1.165) is 29.5 Å². The van der Waals surface area contributed by atoms with E-state index in [0.29, 0.717) is 34.1 Å². The van der Waals surface area contributed by atoms with Crippen molar-refractivity contribution in [1.82, 2.24) is 9.97 Å². The minimum atomic E-state index is -0.534. The first-order valence-electron chi connectivity index (χ1n) is 8.74. The lowest BCUT2D eigenvalue weighted by Gasteiger charge is -2.15. The summed E-state index contributed by atoms with van der Waals surface area (Å²) in [4.78, 5) is 21.3. The average Bonchev–Trinajstić information content (AvgIpc) is 3.17. The number of fused-ring (bicyclic) bond motifs is 1. The van der Waals surface area contributed by atoms with Crippen LogP contribution in [0.3, 0.4) is 0 Å². The first-order valence-corrected chi connectivity index (χ1v) is 8.74. The summed E-state index contributed by atoms with van der Waals surface area (Å²) in [6.07, 6.45) is 2.11. The third-order valence-electron chi connectivity index (χ3n) is 5.03. The average molecular weight is 350 g/mol. The Labute approximate surface area is 151 Å². The first kappa shape index (κ1) is 16.6. The van der Waals surface area contributed by atoms with Gasteiger partial charge in [-0.2, -0.15) is 4.98 Å². The number of anilines is 1. The first-order chi connectivity index (χ1) is 12.3. The van der Waals surface area contributed by atoms with Gasteiger partial charge < -0.3 is 15.5 Å². The van der Waals surface area contributed by atoms with Gasteiger partial charge in [0, 0.05) is 11.1 Å². The molecule has 0 unspecified atom stereocenters. The summed E-state index contributed by atoms with van der Waals surface area (Å²) in [6.45, 7) is 7.92. The lowest BCUT2D eigenvalue weighted by molar-refractivity contribution is 0.1000. The second-order valence-corrected chi connectivity index (χ2v) is 7.48. The maximum Gasteiger partial charge on any atom is 0.253 e. The van der Waals surface area contributed by atoms with Crippen LogP contribution in [0.25, 0.3) is 22.5 Å². The van der Waals surface area contributed by atoms with Crippen molar-refractivity contribution in [3.05, 3.63) is 40.6 Å². The predicted octanol–water partition coefficient (Wildman–Crippen LogP) is 3.88. The molecule has 1 amide bonds. The smallest absolute Gasteiger partial charge is 0.253 e. The molecule has 3 N–H and O–H groups in total. The van der Waals surface area contributed by atoms with Crippen molar-refractivity contribution in [3.8, 4) is 11.4 Å². The fourth-order valence-electron chi connectivity index (χ4n) is 3.19. The molecular formula is C20H22N4O2. The fourth-order valence-corrected chi connectivity index (χ4v) is 3.19. The van der Waals surface area contributed by atoms with Crippen LogP contribution in [-0.4, -0.2) is 21.4 Å². The Morgan fingerprint density at radius 1 is 1.23 bits per heavy atom. The van der Waals surface area contributed by atoms with Gasteiger partial charge in [-0.1, -0.05) is 17.7 Å². The maximum atomic E-state index is 12.0. The zero-order valence-corrected chi connectivity index (χ0v) is 15.4. The van der Waals surface area contributed by atoms with Crippen molar-refractivity contribution in [2.24, 2.45) is 5.73 Å². The largest absolute Gasteiger partial charge is 0.442 e. The van der Waals surface area contributed by atoms with Crippen LogP contribution >= 0.6 is 0 Å². The normalized spacial score (nSPS) is 15.2. The highest BCUT2D eigenvalue weighted by atomic mass is 16.3. The molecule has 134 valence electrons. The van der Waals surface area contributed by atoms with E-state index in [-0.39, 0.29) is 5.54 Å². The van der Waals surface area contributed by atoms with E-state index in [2.05, 4.69) is 35.4 Å². The lowest BCUT2D eigenvalue weighted by Crippen LogP contribution is -2.19. The van der Waals surface area contributed by atoms with Crippen LogP contribution in [0.5, 0.6) is 0 Å². The highest BCUT2D eigenvalue weighted by Gasteiger charge is 2.38. The molecule has 0 radical (unpaired) electrons. The minimum absolute atomic E-state index is 0.0136. The second-order valence-electron chi connectivity index (χ2n) is 7.48. The van der Waals surface area contributed by atoms with Crippen LogP contribution in [0.15, 0.2) is 22.6 Å². The minimum Gasteiger partial charge on any atom is -0.442 e. The molecule has 1 saturated carbocycles. The Bertz CT molecular complexity index is 1050. The van der Waals surface area contributed by atoms with Gasteiger partial charge in [-0.3, -0.25) is 4.79 Å². The number of nitrogens with zero attached hydrogens (tertiary/aromatic N) is 2. The van der Waals surface area contributed by atoms with Crippen LogP contribution in [0.2, 0.25) is 0 Å². The third kappa shape index (κ3) is 2.71. The molecule has 6 heteroatoms. The highest BCUT2D eigenvalue weighted by molar-refractivity contribution is 6.09. The zero-order chi connectivity index (χ0) is 18.6. The molecule has 26 heavy (non-hydrogen) atoms. The SMILES string of the molecule is Cc1ccc(C)c(-c2nc(NC3(C)CC3)c3c(C(N)=O)c(C)oc3n2)c1. The molecular weight excluding hydrogens is 328 g/mol. The van der Waals surface area contributed by atoms with Gasteiger partial charge in [0.05, 0.1) is 10.9 Å². The molecule has 1 aromatic carbocycles. The number of aryl methyl sites for hydroxylation is 3. The predicted molar refractivity (Wildman–Crippen MR) is 101 cm³/mol. The van der Waals surface area contributed by atoms with E-state index in [1.165, 1.54) is 0 Å². The monoisotopic (exact) mass is 350 g/mol. The molecule has 1 fully saturated rings. The van der Waals surface area contributed by atoms with Crippen LogP contribution in [0, 0.1) is 20.8 Å². The van der Waals surface area contributed by atoms with E-state index < -0.39 is 5.91 Å². The molecule has 1 aliphatic carbocycles. The van der Waals surface area contributed by atoms with E-state index >= 15 is 0 Å². The van der Waals surface area contributed by atoms with Crippen molar-refractivity contribution in [3.63, 3.8) is 0 Å². The summed E-state index contributed by atoms with van der Waals surface area (Å²) in [5, 5.41) is 4.04. The Hall–Kier alpha value is -2.89. The molecule has 6 nitrogen and oxygen atoms in total. The summed E-state index contributed by atoms with van der Waals surface area (Å²) in [5.74, 6) is 1.11. The van der Waals surface area contributed by atoms with Crippen LogP contribution in [0.1, 0.15) is 47.0 Å². The van der Waals surface area contributed by atoms with Crippen molar-refractivity contribution in [2.75, 3.05) is 5.32 Å². The number of nitrogens with two attached hydrogens (primary N) is 1. The van der Waals surface area contributed by atoms with Gasteiger partial charge in [-0.15, -0.1) is 0 Å². The number of benzene rings is 1. The van der Waals surface area contributed by atoms with Gasteiger partial charge in [-0.05, 0) is 52.2 Å². The number of carbonyl (C=O) groups is 1. The lowest BCUT2D eigenvalue weighted by atomic mass is 10.0. The fraction of sp³-hybridized carbons (Fsp3) is 0.350. The third-order valence-corrected chi connectivity index (χ3v) is 5.03. The Balaban J connectivity index is 1.99. The molecule has 4 rings (SSSR count). The van der Waals surface area contributed by atoms with Gasteiger partial charge in [-0.25, -0.2) is 4.98 Å². The topological polar surface area (TPSA) is 94.0 Å². The second kappa shape index (κ2) is 5.56. The van der Waals surface area contributed by atoms with Crippen molar-refractivity contribution >= 4 is 22.8 Å². The summed E-state index contributed by atoms with van der Waals surface area (Å²) in [5.41, 5.74) is 9.46. The number of furan rings is 1. The number of hydrogen-bond acceptors (Lipinski definition) is 5. The van der Waals surface area contributed by atoms with Crippen molar-refractivity contribution in [1.29, 1.82) is 0 Å². The summed E-state index contributed by atoms with van der Waals surface area (Å²) in [7, 11) is 0. The summed E-state index contributed by atoms with van der Waals surface area (Å²) < 4.78 is 5.78. The Kier molecular flexibility index (Phi) is 3.54. The number of amides is 1. The van der Waals surface area contributed by atoms with Crippen molar-refractivity contribution in [2.45, 2.75) is 46.1 Å². The zero-order valence-electron chi connectivity index (χ0n) is 15.4. The van der Waals surface area contributed by atoms with Crippen molar-refractivity contribution < 1.29 is 9.21 Å². The van der Waals surface area contributed by atoms with Crippen LogP contribution in [0.4, 0.5) is 5.82 Å². The maximum absolute atomic E-state index is 12.0. The van der Waals surface area contributed by atoms with Gasteiger partial charge in [0.1, 0.15) is 11.6 Å². The molecule has 0 saturated heterocycles. The molecule has 0 atom stereocenters. The number of aromatic nitrogens is 2. The molecule has 3 aromatic rings. The quantitative estimate of drug-likeness (QED) is 0.745. The summed E-state index contributed by atoms with van der Waals surface area (Å²) >= 11 is 0. The van der Waals surface area contributed by atoms with E-state index in [1.54, 1.807) is 6.92 Å². The van der Waals surface area contributed by atoms with Gasteiger partial charge in [0.2, 0.25) is 5.71 Å². The van der Waals surface area contributed by atoms with Crippen LogP contribution < -0.4 is 11.1 Å². The Morgan fingerprint density at radius 3 is 2.62 bits per heavy atom. The van der Waals surface area contributed by atoms with Gasteiger partial charge >= 0.3 is 0 Å². The van der Waals surface area contributed by atoms with Gasteiger partial charge in [0.15, 0.2) is 5.82 Å². The number of primary amides is 1. The standard InChI is InChI=1S/C20H22N4O2/c1-10-5-6-11(2)13(9-10)17-22-18(24-20(4)7-8-20)15-14(16(21)25)12(3)26-19(15)23-17/h5-6,9H,7-8H2,1-4H3,(H2,21,25)(H,22,23,24). The van der Waals surface area contributed by atoms with Crippen LogP contribution in [-0.2, 0) is 0 Å². The number of hydrogen-bond donors (Lipinski definition) is 2. The molecule has 0 spiro atoms. The molecule has 2 heterocycles. The Morgan fingerprint density at radius 2 is 1.96 bits per heavy atom. The number of carbonyl (C=O) groups excluding carboxylic acids is 1. The molecule has 2 aromatic heterocycles. The summed E-state index contributed by atoms with van der Waals surface area (Å²) in [6, 6.07) is 6.17. The molecule has 0 bridgehead atoms. The number of nitrogens with one attached hydrogen (secondary N) is 1. The molecule has 1 aliphatic rings. The number of rotatable bonds is 4.